The summed E-state index contributed by atoms with van der Waals surface area (Å²) >= 11 is 1.67. The van der Waals surface area contributed by atoms with E-state index in [0.29, 0.717) is 24.2 Å². The third kappa shape index (κ3) is 5.16. The van der Waals surface area contributed by atoms with Gasteiger partial charge in [-0.15, -0.1) is 16.9 Å². The second kappa shape index (κ2) is 9.53. The van der Waals surface area contributed by atoms with Crippen LogP contribution >= 0.6 is 11.8 Å². The quantitative estimate of drug-likeness (QED) is 0.443. The van der Waals surface area contributed by atoms with Crippen LogP contribution in [-0.4, -0.2) is 38.9 Å². The Morgan fingerprint density at radius 1 is 1.03 bits per heavy atom. The first-order valence-corrected chi connectivity index (χ1v) is 10.9. The van der Waals surface area contributed by atoms with Crippen LogP contribution in [0, 0.1) is 5.82 Å². The minimum Gasteiger partial charge on any atom is -0.352 e. The molecule has 0 aliphatic carbocycles. The molecule has 8 heteroatoms. The number of thioether (sulfide) groups is 1. The average molecular weight is 434 g/mol. The molecule has 0 spiro atoms. The highest BCUT2D eigenvalue weighted by molar-refractivity contribution is 7.98. The van der Waals surface area contributed by atoms with Crippen LogP contribution in [-0.2, 0) is 6.42 Å². The van der Waals surface area contributed by atoms with E-state index in [-0.39, 0.29) is 11.7 Å². The summed E-state index contributed by atoms with van der Waals surface area (Å²) in [6, 6.07) is 20.0. The predicted molar refractivity (Wildman–Crippen MR) is 119 cm³/mol. The number of carbonyl (C=O) groups excluding carboxylic acids is 1. The van der Waals surface area contributed by atoms with E-state index >= 15 is 0 Å². The van der Waals surface area contributed by atoms with E-state index in [4.69, 9.17) is 0 Å². The molecule has 0 saturated carbocycles. The van der Waals surface area contributed by atoms with Gasteiger partial charge in [-0.25, -0.2) is 9.07 Å². The van der Waals surface area contributed by atoms with Crippen LogP contribution in [0.1, 0.15) is 15.9 Å². The Hall–Kier alpha value is -3.52. The minimum absolute atomic E-state index is 0.195. The van der Waals surface area contributed by atoms with Gasteiger partial charge in [0.1, 0.15) is 12.1 Å². The third-order valence-electron chi connectivity index (χ3n) is 4.83. The number of amides is 1. The first kappa shape index (κ1) is 20.7. The van der Waals surface area contributed by atoms with E-state index in [2.05, 4.69) is 20.8 Å². The van der Waals surface area contributed by atoms with Gasteiger partial charge in [0.25, 0.3) is 5.91 Å². The molecule has 1 N–H and O–H groups in total. The molecule has 6 nitrogen and oxygen atoms in total. The zero-order chi connectivity index (χ0) is 21.6. The molecule has 1 heterocycles. The van der Waals surface area contributed by atoms with E-state index < -0.39 is 0 Å². The molecule has 0 unspecified atom stereocenters. The highest BCUT2D eigenvalue weighted by Gasteiger charge is 2.12. The van der Waals surface area contributed by atoms with Crippen molar-refractivity contribution in [1.82, 2.24) is 25.5 Å². The Balaban J connectivity index is 1.57. The van der Waals surface area contributed by atoms with Crippen LogP contribution in [0.25, 0.3) is 16.8 Å². The molecule has 0 saturated heterocycles. The van der Waals surface area contributed by atoms with E-state index in [1.54, 1.807) is 30.0 Å². The lowest BCUT2D eigenvalue weighted by Gasteiger charge is -2.11. The monoisotopic (exact) mass is 433 g/mol. The molecule has 0 atom stereocenters. The average Bonchev–Trinajstić information content (AvgIpc) is 3.35. The predicted octanol–water partition coefficient (Wildman–Crippen LogP) is 4.16. The SMILES string of the molecule is CSc1ccc(-c2cc(C(=O)NCCc3ccc(F)cc3)cc(-n3cnnn3)c2)cc1. The molecular weight excluding hydrogens is 413 g/mol. The van der Waals surface area contributed by atoms with Gasteiger partial charge in [0.15, 0.2) is 0 Å². The molecule has 0 radical (unpaired) electrons. The standard InChI is InChI=1S/C23H20FN5OS/c1-31-22-8-4-17(5-9-22)18-12-19(14-21(13-18)29-15-26-27-28-29)23(30)25-11-10-16-2-6-20(24)7-3-16/h2-9,12-15H,10-11H2,1H3,(H,25,30). The molecular formula is C23H20FN5OS. The summed E-state index contributed by atoms with van der Waals surface area (Å²) in [7, 11) is 0. The summed E-state index contributed by atoms with van der Waals surface area (Å²) < 4.78 is 14.6. The number of tetrazole rings is 1. The van der Waals surface area contributed by atoms with E-state index in [9.17, 15) is 9.18 Å². The lowest BCUT2D eigenvalue weighted by Crippen LogP contribution is -2.26. The second-order valence-corrected chi connectivity index (χ2v) is 7.76. The largest absolute Gasteiger partial charge is 0.352 e. The zero-order valence-corrected chi connectivity index (χ0v) is 17.6. The number of rotatable bonds is 7. The third-order valence-corrected chi connectivity index (χ3v) is 5.57. The Morgan fingerprint density at radius 2 is 1.81 bits per heavy atom. The summed E-state index contributed by atoms with van der Waals surface area (Å²) in [4.78, 5) is 14.0. The normalized spacial score (nSPS) is 10.8. The van der Waals surface area contributed by atoms with Crippen LogP contribution in [0.4, 0.5) is 4.39 Å². The maximum Gasteiger partial charge on any atom is 0.251 e. The van der Waals surface area contributed by atoms with Crippen molar-refractivity contribution in [2.45, 2.75) is 11.3 Å². The van der Waals surface area contributed by atoms with Gasteiger partial charge >= 0.3 is 0 Å². The van der Waals surface area contributed by atoms with Gasteiger partial charge < -0.3 is 5.32 Å². The Kier molecular flexibility index (Phi) is 6.37. The molecule has 0 fully saturated rings. The van der Waals surface area contributed by atoms with Crippen molar-refractivity contribution in [3.05, 3.63) is 90.0 Å². The maximum absolute atomic E-state index is 13.0. The number of nitrogens with zero attached hydrogens (tertiary/aromatic N) is 4. The van der Waals surface area contributed by atoms with Gasteiger partial charge in [0, 0.05) is 17.0 Å². The van der Waals surface area contributed by atoms with Crippen molar-refractivity contribution < 1.29 is 9.18 Å². The maximum atomic E-state index is 13.0. The number of hydrogen-bond donors (Lipinski definition) is 1. The van der Waals surface area contributed by atoms with Crippen LogP contribution < -0.4 is 5.32 Å². The van der Waals surface area contributed by atoms with Gasteiger partial charge in [0.05, 0.1) is 5.69 Å². The van der Waals surface area contributed by atoms with Crippen LogP contribution in [0.15, 0.2) is 78.0 Å². The molecule has 4 rings (SSSR count). The number of hydrogen-bond acceptors (Lipinski definition) is 5. The van der Waals surface area contributed by atoms with Gasteiger partial charge in [-0.1, -0.05) is 24.3 Å². The smallest absolute Gasteiger partial charge is 0.251 e. The van der Waals surface area contributed by atoms with Crippen molar-refractivity contribution in [3.8, 4) is 16.8 Å². The van der Waals surface area contributed by atoms with Crippen molar-refractivity contribution in [1.29, 1.82) is 0 Å². The van der Waals surface area contributed by atoms with Crippen LogP contribution in [0.5, 0.6) is 0 Å². The fourth-order valence-electron chi connectivity index (χ4n) is 3.18. The van der Waals surface area contributed by atoms with Gasteiger partial charge in [-0.3, -0.25) is 4.79 Å². The van der Waals surface area contributed by atoms with Crippen LogP contribution in [0.3, 0.4) is 0 Å². The summed E-state index contributed by atoms with van der Waals surface area (Å²) in [6.07, 6.45) is 4.13. The first-order valence-electron chi connectivity index (χ1n) is 9.68. The fourth-order valence-corrected chi connectivity index (χ4v) is 3.59. The lowest BCUT2D eigenvalue weighted by atomic mass is 10.0. The molecule has 0 aliphatic rings. The molecule has 0 aliphatic heterocycles. The van der Waals surface area contributed by atoms with Crippen molar-refractivity contribution in [2.24, 2.45) is 0 Å². The molecule has 1 amide bonds. The van der Waals surface area contributed by atoms with E-state index in [0.717, 1.165) is 16.7 Å². The molecule has 4 aromatic rings. The highest BCUT2D eigenvalue weighted by Crippen LogP contribution is 2.26. The zero-order valence-electron chi connectivity index (χ0n) is 16.8. The molecule has 156 valence electrons. The van der Waals surface area contributed by atoms with Crippen LogP contribution in [0.2, 0.25) is 0 Å². The minimum atomic E-state index is -0.273. The Morgan fingerprint density at radius 3 is 2.48 bits per heavy atom. The van der Waals surface area contributed by atoms with Crippen molar-refractivity contribution in [3.63, 3.8) is 0 Å². The Labute approximate surface area is 183 Å². The first-order chi connectivity index (χ1) is 15.1. The molecule has 0 bridgehead atoms. The Bertz CT molecular complexity index is 1160. The number of nitrogens with one attached hydrogen (secondary N) is 1. The molecule has 3 aromatic carbocycles. The number of aromatic nitrogens is 4. The van der Waals surface area contributed by atoms with E-state index in [1.807, 2.05) is 42.7 Å². The number of halogens is 1. The lowest BCUT2D eigenvalue weighted by molar-refractivity contribution is 0.0954. The van der Waals surface area contributed by atoms with Crippen molar-refractivity contribution >= 4 is 17.7 Å². The number of carbonyl (C=O) groups is 1. The van der Waals surface area contributed by atoms with Gasteiger partial charge in [-0.2, -0.15) is 0 Å². The summed E-state index contributed by atoms with van der Waals surface area (Å²) in [5.74, 6) is -0.468. The highest BCUT2D eigenvalue weighted by atomic mass is 32.2. The van der Waals surface area contributed by atoms with Crippen molar-refractivity contribution in [2.75, 3.05) is 12.8 Å². The summed E-state index contributed by atoms with van der Waals surface area (Å²) in [5, 5.41) is 14.3. The fraction of sp³-hybridized carbons (Fsp3) is 0.130. The topological polar surface area (TPSA) is 72.7 Å². The molecule has 31 heavy (non-hydrogen) atoms. The summed E-state index contributed by atoms with van der Waals surface area (Å²) in [6.45, 7) is 0.442. The molecule has 1 aromatic heterocycles. The van der Waals surface area contributed by atoms with Gasteiger partial charge in [0.2, 0.25) is 0 Å². The number of benzene rings is 3. The van der Waals surface area contributed by atoms with E-state index in [1.165, 1.54) is 28.0 Å². The van der Waals surface area contributed by atoms with Gasteiger partial charge in [-0.05, 0) is 82.3 Å². The second-order valence-electron chi connectivity index (χ2n) is 6.88. The summed E-state index contributed by atoms with van der Waals surface area (Å²) in [5.41, 5.74) is 4.05.